The van der Waals surface area contributed by atoms with E-state index < -0.39 is 23.7 Å². The molecule has 1 atom stereocenters. The summed E-state index contributed by atoms with van der Waals surface area (Å²) in [6.07, 6.45) is 1.72. The van der Waals surface area contributed by atoms with Crippen molar-refractivity contribution in [3.05, 3.63) is 76.3 Å². The number of aliphatic carboxylic acids is 1. The van der Waals surface area contributed by atoms with Crippen molar-refractivity contribution in [2.45, 2.75) is 31.7 Å². The van der Waals surface area contributed by atoms with Crippen LogP contribution in [0, 0.1) is 0 Å². The first kappa shape index (κ1) is 21.6. The lowest BCUT2D eigenvalue weighted by Crippen LogP contribution is -2.30. The minimum absolute atomic E-state index is 0.0408. The van der Waals surface area contributed by atoms with Gasteiger partial charge in [-0.25, -0.2) is 0 Å². The van der Waals surface area contributed by atoms with Crippen LogP contribution in [0.3, 0.4) is 0 Å². The summed E-state index contributed by atoms with van der Waals surface area (Å²) >= 11 is 5.99. The molecule has 1 amide bonds. The molecule has 7 heteroatoms. The molecule has 0 spiro atoms. The Hall–Kier alpha value is -3.12. The van der Waals surface area contributed by atoms with Gasteiger partial charge in [-0.3, -0.25) is 14.4 Å². The molecule has 1 saturated heterocycles. The largest absolute Gasteiger partial charge is 0.507 e. The molecule has 0 aromatic heterocycles. The third kappa shape index (κ3) is 4.71. The molecule has 3 rings (SSSR count). The van der Waals surface area contributed by atoms with Crippen molar-refractivity contribution in [2.75, 3.05) is 6.54 Å². The number of hydrogen-bond acceptors (Lipinski definition) is 4. The average Bonchev–Trinajstić information content (AvgIpc) is 2.99. The van der Waals surface area contributed by atoms with Crippen LogP contribution in [-0.4, -0.2) is 39.3 Å². The first-order chi connectivity index (χ1) is 14.4. The van der Waals surface area contributed by atoms with Crippen LogP contribution >= 0.6 is 11.6 Å². The van der Waals surface area contributed by atoms with E-state index in [0.29, 0.717) is 35.4 Å². The molecule has 1 aliphatic rings. The number of Topliss-reactive ketones (excluding diaryl/α,β-unsaturated/α-hetero) is 1. The molecule has 6 nitrogen and oxygen atoms in total. The highest BCUT2D eigenvalue weighted by atomic mass is 35.5. The molecule has 0 bridgehead atoms. The number of hydrogen-bond donors (Lipinski definition) is 2. The van der Waals surface area contributed by atoms with Crippen molar-refractivity contribution in [3.63, 3.8) is 0 Å². The van der Waals surface area contributed by atoms with Crippen molar-refractivity contribution in [1.29, 1.82) is 0 Å². The Bertz CT molecular complexity index is 969. The van der Waals surface area contributed by atoms with Crippen molar-refractivity contribution in [1.82, 2.24) is 4.90 Å². The number of amides is 1. The second-order valence-corrected chi connectivity index (χ2v) is 7.55. The van der Waals surface area contributed by atoms with Crippen LogP contribution in [0.5, 0.6) is 0 Å². The first-order valence-corrected chi connectivity index (χ1v) is 10.1. The predicted molar refractivity (Wildman–Crippen MR) is 113 cm³/mol. The summed E-state index contributed by atoms with van der Waals surface area (Å²) in [7, 11) is 0. The van der Waals surface area contributed by atoms with Gasteiger partial charge in [0.25, 0.3) is 11.7 Å². The van der Waals surface area contributed by atoms with Gasteiger partial charge >= 0.3 is 5.97 Å². The Morgan fingerprint density at radius 3 is 2.23 bits per heavy atom. The van der Waals surface area contributed by atoms with Crippen LogP contribution in [0.25, 0.3) is 5.76 Å². The van der Waals surface area contributed by atoms with Crippen LogP contribution in [0.2, 0.25) is 5.02 Å². The molecule has 1 heterocycles. The second-order valence-electron chi connectivity index (χ2n) is 7.11. The molecule has 1 unspecified atom stereocenters. The Balaban J connectivity index is 1.95. The molecule has 0 radical (unpaired) electrons. The molecule has 0 aliphatic carbocycles. The minimum Gasteiger partial charge on any atom is -0.507 e. The SMILES string of the molecule is O=C(O)CCCCCN1C(=O)C(=O)/C(=C(\O)c2ccccc2)C1c1ccc(Cl)cc1. The van der Waals surface area contributed by atoms with E-state index in [0.717, 1.165) is 0 Å². The quantitative estimate of drug-likeness (QED) is 0.281. The van der Waals surface area contributed by atoms with Crippen molar-refractivity contribution < 1.29 is 24.6 Å². The highest BCUT2D eigenvalue weighted by molar-refractivity contribution is 6.46. The molecule has 2 aromatic rings. The number of carboxylic acid groups (broad SMARTS) is 1. The van der Waals surface area contributed by atoms with Gasteiger partial charge in [0.05, 0.1) is 11.6 Å². The summed E-state index contributed by atoms with van der Waals surface area (Å²) in [5.41, 5.74) is 1.16. The van der Waals surface area contributed by atoms with Crippen LogP contribution in [-0.2, 0) is 14.4 Å². The molecule has 2 aromatic carbocycles. The number of carboxylic acids is 1. The standard InChI is InChI=1S/C23H22ClNO5/c24-17-12-10-15(11-13-17)20-19(21(28)16-7-3-1-4-8-16)22(29)23(30)25(20)14-6-2-5-9-18(26)27/h1,3-4,7-8,10-13,20,28H,2,5-6,9,14H2,(H,26,27)/b21-19-. The maximum Gasteiger partial charge on any atom is 0.303 e. The van der Waals surface area contributed by atoms with E-state index in [2.05, 4.69) is 0 Å². The number of carbonyl (C=O) groups is 3. The van der Waals surface area contributed by atoms with E-state index in [1.807, 2.05) is 0 Å². The molecule has 2 N–H and O–H groups in total. The molecule has 0 saturated carbocycles. The Morgan fingerprint density at radius 1 is 0.933 bits per heavy atom. The van der Waals surface area contributed by atoms with Gasteiger partial charge in [0.15, 0.2) is 0 Å². The fourth-order valence-corrected chi connectivity index (χ4v) is 3.71. The summed E-state index contributed by atoms with van der Waals surface area (Å²) in [5.74, 6) is -2.49. The van der Waals surface area contributed by atoms with Gasteiger partial charge in [-0.05, 0) is 30.5 Å². The fourth-order valence-electron chi connectivity index (χ4n) is 3.59. The van der Waals surface area contributed by atoms with Gasteiger partial charge in [-0.2, -0.15) is 0 Å². The van der Waals surface area contributed by atoms with Crippen LogP contribution in [0.1, 0.15) is 42.9 Å². The van der Waals surface area contributed by atoms with Gasteiger partial charge in [0.1, 0.15) is 5.76 Å². The molecule has 30 heavy (non-hydrogen) atoms. The third-order valence-corrected chi connectivity index (χ3v) is 5.31. The first-order valence-electron chi connectivity index (χ1n) is 9.71. The number of likely N-dealkylation sites (tertiary alicyclic amines) is 1. The maximum absolute atomic E-state index is 12.8. The van der Waals surface area contributed by atoms with E-state index in [1.54, 1.807) is 54.6 Å². The van der Waals surface area contributed by atoms with Crippen LogP contribution in [0.15, 0.2) is 60.2 Å². The second kappa shape index (κ2) is 9.59. The Kier molecular flexibility index (Phi) is 6.90. The van der Waals surface area contributed by atoms with Crippen LogP contribution in [0.4, 0.5) is 0 Å². The molecular formula is C23H22ClNO5. The topological polar surface area (TPSA) is 94.9 Å². The highest BCUT2D eigenvalue weighted by Crippen LogP contribution is 2.39. The minimum atomic E-state index is -0.862. The van der Waals surface area contributed by atoms with E-state index in [1.165, 1.54) is 4.90 Å². The Labute approximate surface area is 179 Å². The van der Waals surface area contributed by atoms with E-state index in [-0.39, 0.29) is 24.3 Å². The monoisotopic (exact) mass is 427 g/mol. The summed E-state index contributed by atoms with van der Waals surface area (Å²) in [5, 5.41) is 20.2. The number of benzene rings is 2. The van der Waals surface area contributed by atoms with Crippen molar-refractivity contribution in [2.24, 2.45) is 0 Å². The highest BCUT2D eigenvalue weighted by Gasteiger charge is 2.45. The van der Waals surface area contributed by atoms with E-state index in [9.17, 15) is 19.5 Å². The molecular weight excluding hydrogens is 406 g/mol. The van der Waals surface area contributed by atoms with Gasteiger partial charge in [-0.15, -0.1) is 0 Å². The zero-order valence-corrected chi connectivity index (χ0v) is 17.0. The number of halogens is 1. The maximum atomic E-state index is 12.8. The molecule has 1 aliphatic heterocycles. The Morgan fingerprint density at radius 2 is 1.60 bits per heavy atom. The number of nitrogens with zero attached hydrogens (tertiary/aromatic N) is 1. The van der Waals surface area contributed by atoms with Gasteiger partial charge in [0.2, 0.25) is 0 Å². The number of aliphatic hydroxyl groups is 1. The van der Waals surface area contributed by atoms with Crippen LogP contribution < -0.4 is 0 Å². The smallest absolute Gasteiger partial charge is 0.303 e. The van der Waals surface area contributed by atoms with Gasteiger partial charge in [0, 0.05) is 23.6 Å². The summed E-state index contributed by atoms with van der Waals surface area (Å²) in [6.45, 7) is 0.281. The number of rotatable bonds is 8. The lowest BCUT2D eigenvalue weighted by Gasteiger charge is -2.25. The summed E-state index contributed by atoms with van der Waals surface area (Å²) < 4.78 is 0. The number of unbranched alkanes of at least 4 members (excludes halogenated alkanes) is 2. The van der Waals surface area contributed by atoms with E-state index in [4.69, 9.17) is 16.7 Å². The number of carbonyl (C=O) groups excluding carboxylic acids is 2. The number of aliphatic hydroxyl groups excluding tert-OH is 1. The average molecular weight is 428 g/mol. The summed E-state index contributed by atoms with van der Waals surface area (Å²) in [4.78, 5) is 37.8. The zero-order valence-electron chi connectivity index (χ0n) is 16.3. The van der Waals surface area contributed by atoms with E-state index >= 15 is 0 Å². The van der Waals surface area contributed by atoms with Crippen molar-refractivity contribution in [3.8, 4) is 0 Å². The molecule has 1 fully saturated rings. The third-order valence-electron chi connectivity index (χ3n) is 5.06. The normalized spacial score (nSPS) is 18.0. The lowest BCUT2D eigenvalue weighted by molar-refractivity contribution is -0.140. The predicted octanol–water partition coefficient (Wildman–Crippen LogP) is 4.41. The van der Waals surface area contributed by atoms with Gasteiger partial charge < -0.3 is 15.1 Å². The lowest BCUT2D eigenvalue weighted by atomic mass is 9.95. The number of ketones is 1. The van der Waals surface area contributed by atoms with Gasteiger partial charge in [-0.1, -0.05) is 60.5 Å². The summed E-state index contributed by atoms with van der Waals surface area (Å²) in [6, 6.07) is 14.7. The fraction of sp³-hybridized carbons (Fsp3) is 0.261. The van der Waals surface area contributed by atoms with Crippen molar-refractivity contribution >= 4 is 35.0 Å². The zero-order chi connectivity index (χ0) is 21.7. The molecule has 156 valence electrons.